The highest BCUT2D eigenvalue weighted by molar-refractivity contribution is 6.07. The number of β-lactam (4-membered cyclic amide) rings is 1. The van der Waals surface area contributed by atoms with E-state index in [0.29, 0.717) is 11.7 Å². The van der Waals surface area contributed by atoms with Crippen LogP contribution in [0.1, 0.15) is 44.6 Å². The van der Waals surface area contributed by atoms with Crippen molar-refractivity contribution in [2.24, 2.45) is 11.8 Å². The fourth-order valence-electron chi connectivity index (χ4n) is 4.15. The highest BCUT2D eigenvalue weighted by Crippen LogP contribution is 2.31. The van der Waals surface area contributed by atoms with Gasteiger partial charge in [-0.25, -0.2) is 19.5 Å². The second kappa shape index (κ2) is 7.94. The van der Waals surface area contributed by atoms with Crippen LogP contribution in [-0.2, 0) is 16.0 Å². The summed E-state index contributed by atoms with van der Waals surface area (Å²) in [5.74, 6) is -1.74. The molecular formula is C19H26N4O4. The largest absolute Gasteiger partial charge is 0.480 e. The summed E-state index contributed by atoms with van der Waals surface area (Å²) in [5, 5.41) is 12.4. The van der Waals surface area contributed by atoms with Crippen LogP contribution < -0.4 is 11.1 Å². The van der Waals surface area contributed by atoms with E-state index in [0.717, 1.165) is 36.1 Å². The van der Waals surface area contributed by atoms with Crippen LogP contribution in [0.4, 0.5) is 10.6 Å². The van der Waals surface area contributed by atoms with Crippen LogP contribution in [-0.4, -0.2) is 45.0 Å². The van der Waals surface area contributed by atoms with Crippen molar-refractivity contribution in [2.45, 2.75) is 57.5 Å². The minimum atomic E-state index is -1.18. The first-order valence-corrected chi connectivity index (χ1v) is 9.45. The molecule has 8 nitrogen and oxygen atoms in total. The number of hydrogen-bond donors (Lipinski definition) is 3. The summed E-state index contributed by atoms with van der Waals surface area (Å²) >= 11 is 0. The van der Waals surface area contributed by atoms with Crippen molar-refractivity contribution in [1.29, 1.82) is 0 Å². The zero-order valence-corrected chi connectivity index (χ0v) is 15.4. The number of likely N-dealkylation sites (tertiary alicyclic amines) is 1. The Kier molecular flexibility index (Phi) is 5.62. The van der Waals surface area contributed by atoms with E-state index in [1.807, 2.05) is 6.92 Å². The molecule has 1 unspecified atom stereocenters. The number of nitrogen functional groups attached to an aromatic ring is 1. The molecule has 146 valence electrons. The van der Waals surface area contributed by atoms with E-state index in [1.54, 1.807) is 12.1 Å². The molecule has 0 radical (unpaired) electrons. The van der Waals surface area contributed by atoms with E-state index in [1.165, 1.54) is 12.6 Å². The van der Waals surface area contributed by atoms with Crippen molar-refractivity contribution in [3.63, 3.8) is 0 Å². The number of rotatable bonds is 5. The van der Waals surface area contributed by atoms with E-state index < -0.39 is 29.9 Å². The summed E-state index contributed by atoms with van der Waals surface area (Å²) in [7, 11) is 0. The summed E-state index contributed by atoms with van der Waals surface area (Å²) in [6.07, 6.45) is 7.31. The second-order valence-corrected chi connectivity index (χ2v) is 7.53. The lowest BCUT2D eigenvalue weighted by atomic mass is 9.82. The fraction of sp³-hybridized carbons (Fsp3) is 0.579. The molecule has 0 aromatic carbocycles. The van der Waals surface area contributed by atoms with Gasteiger partial charge in [-0.1, -0.05) is 19.3 Å². The minimum absolute atomic E-state index is 0.0842. The van der Waals surface area contributed by atoms with E-state index in [4.69, 9.17) is 5.73 Å². The van der Waals surface area contributed by atoms with Crippen molar-refractivity contribution < 1.29 is 19.5 Å². The molecule has 1 saturated heterocycles. The maximum Gasteiger partial charge on any atom is 0.327 e. The predicted molar refractivity (Wildman–Crippen MR) is 98.7 cm³/mol. The smallest absolute Gasteiger partial charge is 0.327 e. The number of amides is 3. The van der Waals surface area contributed by atoms with Gasteiger partial charge < -0.3 is 16.2 Å². The molecule has 3 atom stereocenters. The number of nitrogens with one attached hydrogen (secondary N) is 1. The number of nitrogens with zero attached hydrogens (tertiary/aromatic N) is 2. The van der Waals surface area contributed by atoms with Gasteiger partial charge in [-0.15, -0.1) is 0 Å². The fourth-order valence-corrected chi connectivity index (χ4v) is 4.15. The summed E-state index contributed by atoms with van der Waals surface area (Å²) < 4.78 is 0. The van der Waals surface area contributed by atoms with Gasteiger partial charge in [0.05, 0.1) is 5.92 Å². The van der Waals surface area contributed by atoms with E-state index in [2.05, 4.69) is 10.3 Å². The van der Waals surface area contributed by atoms with Crippen molar-refractivity contribution in [3.8, 4) is 0 Å². The molecule has 8 heteroatoms. The maximum absolute atomic E-state index is 12.6. The van der Waals surface area contributed by atoms with Crippen LogP contribution in [0.25, 0.3) is 0 Å². The third-order valence-electron chi connectivity index (χ3n) is 5.69. The zero-order valence-electron chi connectivity index (χ0n) is 15.4. The lowest BCUT2D eigenvalue weighted by Crippen LogP contribution is -2.69. The summed E-state index contributed by atoms with van der Waals surface area (Å²) in [4.78, 5) is 41.5. The number of carbonyl (C=O) groups excluding carboxylic acids is 2. The number of urea groups is 1. The van der Waals surface area contributed by atoms with Gasteiger partial charge >= 0.3 is 12.0 Å². The zero-order chi connectivity index (χ0) is 19.6. The van der Waals surface area contributed by atoms with Gasteiger partial charge in [0, 0.05) is 12.2 Å². The van der Waals surface area contributed by atoms with Crippen molar-refractivity contribution in [1.82, 2.24) is 15.2 Å². The number of anilines is 1. The van der Waals surface area contributed by atoms with Gasteiger partial charge in [0.15, 0.2) is 6.04 Å². The number of hydrogen-bond acceptors (Lipinski definition) is 5. The molecule has 3 rings (SSSR count). The first-order chi connectivity index (χ1) is 12.9. The Hall–Kier alpha value is -2.64. The van der Waals surface area contributed by atoms with Crippen molar-refractivity contribution in [2.75, 3.05) is 5.73 Å². The number of pyridine rings is 1. The van der Waals surface area contributed by atoms with Crippen LogP contribution in [0.15, 0.2) is 18.3 Å². The van der Waals surface area contributed by atoms with E-state index in [-0.39, 0.29) is 12.5 Å². The van der Waals surface area contributed by atoms with Gasteiger partial charge in [-0.3, -0.25) is 4.79 Å². The minimum Gasteiger partial charge on any atom is -0.480 e. The molecule has 1 saturated carbocycles. The number of aliphatic carboxylic acids is 1. The number of carboxylic acids is 1. The number of aromatic nitrogens is 1. The van der Waals surface area contributed by atoms with Crippen LogP contribution in [0.5, 0.6) is 0 Å². The van der Waals surface area contributed by atoms with Crippen molar-refractivity contribution >= 4 is 23.7 Å². The summed E-state index contributed by atoms with van der Waals surface area (Å²) in [5.41, 5.74) is 6.36. The van der Waals surface area contributed by atoms with Crippen LogP contribution >= 0.6 is 0 Å². The molecule has 27 heavy (non-hydrogen) atoms. The Morgan fingerprint density at radius 1 is 1.37 bits per heavy atom. The van der Waals surface area contributed by atoms with Crippen LogP contribution in [0, 0.1) is 11.8 Å². The van der Waals surface area contributed by atoms with Gasteiger partial charge in [0.2, 0.25) is 5.91 Å². The first kappa shape index (κ1) is 19.1. The van der Waals surface area contributed by atoms with Gasteiger partial charge in [0.25, 0.3) is 0 Å². The molecule has 1 aliphatic carbocycles. The first-order valence-electron chi connectivity index (χ1n) is 9.45. The van der Waals surface area contributed by atoms with E-state index >= 15 is 0 Å². The average molecular weight is 374 g/mol. The predicted octanol–water partition coefficient (Wildman–Crippen LogP) is 1.80. The third kappa shape index (κ3) is 4.04. The number of imide groups is 1. The quantitative estimate of drug-likeness (QED) is 0.675. The Bertz CT molecular complexity index is 732. The van der Waals surface area contributed by atoms with Crippen molar-refractivity contribution in [3.05, 3.63) is 23.9 Å². The molecule has 2 fully saturated rings. The SMILES string of the molecule is CC(NC(=O)N1C(=O)[C@H](Cc2ccnc(N)c2)[C@H]1C(=O)O)C1CCCCC1. The molecule has 2 heterocycles. The lowest BCUT2D eigenvalue weighted by Gasteiger charge is -2.43. The Morgan fingerprint density at radius 3 is 2.70 bits per heavy atom. The second-order valence-electron chi connectivity index (χ2n) is 7.53. The Labute approximate surface area is 158 Å². The summed E-state index contributed by atoms with van der Waals surface area (Å²) in [6.45, 7) is 1.92. The standard InChI is InChI=1S/C19H26N4O4/c1-11(13-5-3-2-4-6-13)22-19(27)23-16(18(25)26)14(17(23)24)9-12-7-8-21-15(20)10-12/h7-8,10-11,13-14,16H,2-6,9H2,1H3,(H2,20,21)(H,22,27)(H,25,26)/t11?,14-,16+/m1/s1. The molecule has 0 bridgehead atoms. The molecular weight excluding hydrogens is 348 g/mol. The Balaban J connectivity index is 1.65. The monoisotopic (exact) mass is 374 g/mol. The molecule has 1 aliphatic heterocycles. The van der Waals surface area contributed by atoms with Gasteiger partial charge in [0.1, 0.15) is 5.82 Å². The highest BCUT2D eigenvalue weighted by Gasteiger charge is 2.54. The summed E-state index contributed by atoms with van der Waals surface area (Å²) in [6, 6.07) is 1.44. The molecule has 1 aromatic rings. The normalized spacial score (nSPS) is 24.2. The molecule has 0 spiro atoms. The topological polar surface area (TPSA) is 126 Å². The number of nitrogens with two attached hydrogens (primary N) is 1. The molecule has 4 N–H and O–H groups in total. The Morgan fingerprint density at radius 2 is 2.07 bits per heavy atom. The highest BCUT2D eigenvalue weighted by atomic mass is 16.4. The molecule has 3 amide bonds. The molecule has 1 aromatic heterocycles. The van der Waals surface area contributed by atoms with Gasteiger partial charge in [-0.05, 0) is 49.8 Å². The maximum atomic E-state index is 12.6. The number of carboxylic acid groups (broad SMARTS) is 1. The number of carbonyl (C=O) groups is 3. The lowest BCUT2D eigenvalue weighted by molar-refractivity contribution is -0.165. The third-order valence-corrected chi connectivity index (χ3v) is 5.69. The average Bonchev–Trinajstić information content (AvgIpc) is 2.64. The van der Waals surface area contributed by atoms with E-state index in [9.17, 15) is 19.5 Å². The molecule has 2 aliphatic rings. The van der Waals surface area contributed by atoms with Gasteiger partial charge in [-0.2, -0.15) is 0 Å². The van der Waals surface area contributed by atoms with Crippen LogP contribution in [0.2, 0.25) is 0 Å². The van der Waals surface area contributed by atoms with Crippen LogP contribution in [0.3, 0.4) is 0 Å².